The first-order valence-electron chi connectivity index (χ1n) is 19.9. The third-order valence-corrected chi connectivity index (χ3v) is 12.4. The van der Waals surface area contributed by atoms with Gasteiger partial charge in [0.25, 0.3) is 6.71 Å². The van der Waals surface area contributed by atoms with Gasteiger partial charge in [0.1, 0.15) is 11.2 Å². The Kier molecular flexibility index (Phi) is 6.67. The first-order chi connectivity index (χ1) is 27.9. The third kappa shape index (κ3) is 4.57. The first kappa shape index (κ1) is 32.3. The molecule has 4 nitrogen and oxygen atoms in total. The number of nitrogens with zero attached hydrogens (tertiary/aromatic N) is 3. The summed E-state index contributed by atoms with van der Waals surface area (Å²) >= 11 is 0. The molecule has 10 aromatic rings. The van der Waals surface area contributed by atoms with E-state index >= 15 is 0 Å². The first-order valence-corrected chi connectivity index (χ1v) is 19.9. The minimum Gasteiger partial charge on any atom is -0.456 e. The molecule has 5 heteroatoms. The molecule has 8 aromatic carbocycles. The van der Waals surface area contributed by atoms with Crippen LogP contribution in [0.2, 0.25) is 0 Å². The number of furan rings is 1. The van der Waals surface area contributed by atoms with E-state index in [0.717, 1.165) is 39.3 Å². The topological polar surface area (TPSA) is 24.6 Å². The van der Waals surface area contributed by atoms with Gasteiger partial charge >= 0.3 is 0 Å². The van der Waals surface area contributed by atoms with Crippen LogP contribution in [-0.4, -0.2) is 11.3 Å². The van der Waals surface area contributed by atoms with Gasteiger partial charge in [-0.3, -0.25) is 0 Å². The number of hydrogen-bond donors (Lipinski definition) is 0. The molecule has 57 heavy (non-hydrogen) atoms. The lowest BCUT2D eigenvalue weighted by Gasteiger charge is -2.41. The highest BCUT2D eigenvalue weighted by molar-refractivity contribution is 7.00. The predicted molar refractivity (Wildman–Crippen MR) is 241 cm³/mol. The molecule has 0 radical (unpaired) electrons. The fraction of sp³-hybridized carbons (Fsp3) is 0.0769. The number of benzene rings is 8. The molecule has 0 saturated heterocycles. The van der Waals surface area contributed by atoms with Crippen LogP contribution in [-0.2, 0) is 0 Å². The summed E-state index contributed by atoms with van der Waals surface area (Å²) in [5.74, 6) is 0. The molecular formula is C52H38BN3O. The van der Waals surface area contributed by atoms with Crippen LogP contribution in [0.1, 0.15) is 22.3 Å². The van der Waals surface area contributed by atoms with Crippen molar-refractivity contribution in [2.45, 2.75) is 27.7 Å². The molecule has 0 aliphatic carbocycles. The molecular weight excluding hydrogens is 693 g/mol. The number of anilines is 6. The second-order valence-electron chi connectivity index (χ2n) is 16.1. The molecule has 0 amide bonds. The summed E-state index contributed by atoms with van der Waals surface area (Å²) in [6.07, 6.45) is 0. The van der Waals surface area contributed by atoms with Crippen molar-refractivity contribution in [3.8, 4) is 5.69 Å². The van der Waals surface area contributed by atoms with E-state index in [4.69, 9.17) is 4.42 Å². The molecule has 12 rings (SSSR count). The Morgan fingerprint density at radius 3 is 1.86 bits per heavy atom. The van der Waals surface area contributed by atoms with E-state index in [2.05, 4.69) is 200 Å². The Hall–Kier alpha value is -6.98. The van der Waals surface area contributed by atoms with Crippen molar-refractivity contribution < 1.29 is 4.42 Å². The number of aryl methyl sites for hydroxylation is 4. The van der Waals surface area contributed by atoms with Crippen LogP contribution in [0.4, 0.5) is 34.1 Å². The molecule has 0 atom stereocenters. The SMILES string of the molecule is Cc1ccc(N(c2ccc(C)cc2)c2cc3c4c(c2)-n2c5ccc6oc7ccccc7c6c5c5cccc(c52)B4c2cc(C)ccc2N3c2ccc(C)cc2)cc1. The Bertz CT molecular complexity index is 3240. The zero-order valence-electron chi connectivity index (χ0n) is 32.3. The van der Waals surface area contributed by atoms with E-state index < -0.39 is 0 Å². The highest BCUT2D eigenvalue weighted by Crippen LogP contribution is 2.47. The normalized spacial score (nSPS) is 12.8. The monoisotopic (exact) mass is 731 g/mol. The van der Waals surface area contributed by atoms with E-state index in [-0.39, 0.29) is 6.71 Å². The van der Waals surface area contributed by atoms with E-state index in [1.165, 1.54) is 82.9 Å². The Labute approximate surface area is 331 Å². The van der Waals surface area contributed by atoms with Gasteiger partial charge in [0.05, 0.1) is 11.2 Å². The summed E-state index contributed by atoms with van der Waals surface area (Å²) in [6.45, 7) is 8.72. The lowest BCUT2D eigenvalue weighted by Crippen LogP contribution is -2.60. The number of hydrogen-bond acceptors (Lipinski definition) is 3. The van der Waals surface area contributed by atoms with Crippen LogP contribution >= 0.6 is 0 Å². The Balaban J connectivity index is 1.26. The van der Waals surface area contributed by atoms with Crippen molar-refractivity contribution in [1.29, 1.82) is 0 Å². The quantitative estimate of drug-likeness (QED) is 0.169. The third-order valence-electron chi connectivity index (χ3n) is 12.4. The average Bonchev–Trinajstić information content (AvgIpc) is 3.78. The van der Waals surface area contributed by atoms with Crippen molar-refractivity contribution in [2.75, 3.05) is 9.80 Å². The fourth-order valence-electron chi connectivity index (χ4n) is 9.81. The van der Waals surface area contributed by atoms with Gasteiger partial charge in [-0.15, -0.1) is 0 Å². The second kappa shape index (κ2) is 11.8. The number of rotatable bonds is 4. The Morgan fingerprint density at radius 1 is 0.474 bits per heavy atom. The van der Waals surface area contributed by atoms with Gasteiger partial charge in [0, 0.05) is 61.2 Å². The van der Waals surface area contributed by atoms with Crippen LogP contribution in [0.5, 0.6) is 0 Å². The molecule has 4 heterocycles. The van der Waals surface area contributed by atoms with Gasteiger partial charge in [-0.1, -0.05) is 107 Å². The molecule has 0 unspecified atom stereocenters. The van der Waals surface area contributed by atoms with E-state index in [1.54, 1.807) is 0 Å². The lowest BCUT2D eigenvalue weighted by atomic mass is 9.33. The van der Waals surface area contributed by atoms with Crippen LogP contribution in [0.15, 0.2) is 162 Å². The smallest absolute Gasteiger partial charge is 0.252 e. The molecule has 0 bridgehead atoms. The predicted octanol–water partition coefficient (Wildman–Crippen LogP) is 12.0. The van der Waals surface area contributed by atoms with Crippen LogP contribution < -0.4 is 26.2 Å². The van der Waals surface area contributed by atoms with Crippen LogP contribution in [0, 0.1) is 27.7 Å². The maximum Gasteiger partial charge on any atom is 0.252 e. The fourth-order valence-corrected chi connectivity index (χ4v) is 9.81. The van der Waals surface area contributed by atoms with Gasteiger partial charge in [0.2, 0.25) is 0 Å². The molecule has 0 saturated carbocycles. The summed E-state index contributed by atoms with van der Waals surface area (Å²) in [4.78, 5) is 4.93. The summed E-state index contributed by atoms with van der Waals surface area (Å²) in [7, 11) is 0. The molecule has 270 valence electrons. The number of fused-ring (bicyclic) bond motifs is 11. The van der Waals surface area contributed by atoms with Crippen molar-refractivity contribution in [1.82, 2.24) is 4.57 Å². The summed E-state index contributed by atoms with van der Waals surface area (Å²) in [6, 6.07) is 58.6. The van der Waals surface area contributed by atoms with Crippen LogP contribution in [0.3, 0.4) is 0 Å². The van der Waals surface area contributed by atoms with E-state index in [0.29, 0.717) is 0 Å². The molecule has 2 aliphatic heterocycles. The zero-order valence-corrected chi connectivity index (χ0v) is 32.3. The second-order valence-corrected chi connectivity index (χ2v) is 16.1. The molecule has 0 fully saturated rings. The number of para-hydroxylation sites is 2. The van der Waals surface area contributed by atoms with Gasteiger partial charge < -0.3 is 18.8 Å². The summed E-state index contributed by atoms with van der Waals surface area (Å²) < 4.78 is 9.08. The van der Waals surface area contributed by atoms with Gasteiger partial charge in [0.15, 0.2) is 0 Å². The van der Waals surface area contributed by atoms with Crippen molar-refractivity contribution >= 4 is 101 Å². The van der Waals surface area contributed by atoms with Gasteiger partial charge in [-0.2, -0.15) is 0 Å². The maximum absolute atomic E-state index is 6.51. The highest BCUT2D eigenvalue weighted by atomic mass is 16.3. The standard InChI is InChI=1S/C52H38BN3O/c1-31-12-19-35(20-13-31)54(36-21-14-32(2)15-22-36)38-29-45-51-46(30-38)56-44-26-27-48-50(39-8-5-6-11-47(39)57-48)49(44)40-9-7-10-41(52(40)56)53(51)42-28-34(4)18-25-43(42)55(45)37-23-16-33(3)17-24-37/h5-30H,1-4H3. The van der Waals surface area contributed by atoms with Crippen molar-refractivity contribution in [3.63, 3.8) is 0 Å². The summed E-state index contributed by atoms with van der Waals surface area (Å²) in [5.41, 5.74) is 21.3. The Morgan fingerprint density at radius 2 is 1.12 bits per heavy atom. The van der Waals surface area contributed by atoms with Gasteiger partial charge in [-0.25, -0.2) is 0 Å². The minimum atomic E-state index is 0.0324. The molecule has 0 N–H and O–H groups in total. The lowest BCUT2D eigenvalue weighted by molar-refractivity contribution is 0.669. The van der Waals surface area contributed by atoms with E-state index in [9.17, 15) is 0 Å². The average molecular weight is 732 g/mol. The number of aromatic nitrogens is 1. The van der Waals surface area contributed by atoms with Crippen LogP contribution in [0.25, 0.3) is 49.4 Å². The van der Waals surface area contributed by atoms with Crippen molar-refractivity contribution in [2.24, 2.45) is 0 Å². The largest absolute Gasteiger partial charge is 0.456 e. The highest BCUT2D eigenvalue weighted by Gasteiger charge is 2.43. The molecule has 0 spiro atoms. The minimum absolute atomic E-state index is 0.0324. The molecule has 2 aromatic heterocycles. The molecule has 2 aliphatic rings. The van der Waals surface area contributed by atoms with E-state index in [1.807, 2.05) is 0 Å². The van der Waals surface area contributed by atoms with Crippen molar-refractivity contribution in [3.05, 3.63) is 180 Å². The van der Waals surface area contributed by atoms with Gasteiger partial charge in [-0.05, 0) is 117 Å². The summed E-state index contributed by atoms with van der Waals surface area (Å²) in [5, 5.41) is 4.81. The zero-order chi connectivity index (χ0) is 38.1. The maximum atomic E-state index is 6.51.